The smallest absolute Gasteiger partial charge is 0.153 e. The SMILES string of the molecule is CC[C@]1(c2cccc(-c3c(F)cncc3OC)c2)c2cn[nH]c2N=C2[C@H]1C(=O)CC(C)(C)[C@H]2F. The van der Waals surface area contributed by atoms with Gasteiger partial charge in [0.25, 0.3) is 0 Å². The van der Waals surface area contributed by atoms with Crippen molar-refractivity contribution in [2.45, 2.75) is 45.2 Å². The van der Waals surface area contributed by atoms with Crippen molar-refractivity contribution in [3.63, 3.8) is 0 Å². The molecular weight excluding hydrogens is 438 g/mol. The Bertz CT molecular complexity index is 1320. The third-order valence-corrected chi connectivity index (χ3v) is 7.34. The third-order valence-electron chi connectivity index (χ3n) is 7.34. The molecule has 1 aliphatic heterocycles. The first-order valence-electron chi connectivity index (χ1n) is 11.3. The number of ether oxygens (including phenoxy) is 1. The molecule has 0 spiro atoms. The highest BCUT2D eigenvalue weighted by Crippen LogP contribution is 2.54. The van der Waals surface area contributed by atoms with Crippen LogP contribution in [0.2, 0.25) is 0 Å². The van der Waals surface area contributed by atoms with E-state index in [0.29, 0.717) is 23.6 Å². The maximum absolute atomic E-state index is 15.8. The zero-order valence-electron chi connectivity index (χ0n) is 19.5. The highest BCUT2D eigenvalue weighted by atomic mass is 19.1. The van der Waals surface area contributed by atoms with Gasteiger partial charge in [0.05, 0.1) is 42.9 Å². The largest absolute Gasteiger partial charge is 0.494 e. The maximum atomic E-state index is 15.8. The Hall–Kier alpha value is -3.42. The van der Waals surface area contributed by atoms with Gasteiger partial charge in [0.15, 0.2) is 11.6 Å². The number of alkyl halides is 1. The van der Waals surface area contributed by atoms with Crippen LogP contribution in [-0.2, 0) is 10.2 Å². The number of hydrogen-bond donors (Lipinski definition) is 1. The van der Waals surface area contributed by atoms with Crippen LogP contribution in [-0.4, -0.2) is 40.0 Å². The van der Waals surface area contributed by atoms with Crippen LogP contribution in [0.5, 0.6) is 5.75 Å². The average molecular weight is 465 g/mol. The number of rotatable bonds is 4. The van der Waals surface area contributed by atoms with Crippen LogP contribution in [0.3, 0.4) is 0 Å². The Morgan fingerprint density at radius 3 is 2.76 bits per heavy atom. The average Bonchev–Trinajstić information content (AvgIpc) is 3.30. The fourth-order valence-corrected chi connectivity index (χ4v) is 5.70. The molecule has 1 aromatic carbocycles. The van der Waals surface area contributed by atoms with Crippen molar-refractivity contribution < 1.29 is 18.3 Å². The molecule has 0 bridgehead atoms. The molecule has 5 rings (SSSR count). The van der Waals surface area contributed by atoms with Crippen LogP contribution < -0.4 is 4.74 Å². The first-order chi connectivity index (χ1) is 16.2. The molecule has 0 saturated heterocycles. The van der Waals surface area contributed by atoms with Crippen LogP contribution >= 0.6 is 0 Å². The zero-order valence-corrected chi connectivity index (χ0v) is 19.5. The predicted octanol–water partition coefficient (Wildman–Crippen LogP) is 5.35. The summed E-state index contributed by atoms with van der Waals surface area (Å²) in [4.78, 5) is 22.0. The molecule has 1 N–H and O–H groups in total. The van der Waals surface area contributed by atoms with Gasteiger partial charge in [-0.25, -0.2) is 13.8 Å². The summed E-state index contributed by atoms with van der Waals surface area (Å²) in [6.07, 6.45) is 3.50. The van der Waals surface area contributed by atoms with Crippen LogP contribution in [0.25, 0.3) is 11.1 Å². The van der Waals surface area contributed by atoms with Crippen molar-refractivity contribution >= 4 is 17.3 Å². The van der Waals surface area contributed by atoms with Crippen LogP contribution in [0.4, 0.5) is 14.6 Å². The summed E-state index contributed by atoms with van der Waals surface area (Å²) in [5.74, 6) is -0.582. The van der Waals surface area contributed by atoms with Gasteiger partial charge in [0.1, 0.15) is 17.7 Å². The van der Waals surface area contributed by atoms with Crippen molar-refractivity contribution in [3.05, 3.63) is 59.8 Å². The van der Waals surface area contributed by atoms with Crippen LogP contribution in [0.15, 0.2) is 47.8 Å². The summed E-state index contributed by atoms with van der Waals surface area (Å²) in [6, 6.07) is 7.35. The molecular formula is C26H26F2N4O2. The number of carbonyl (C=O) groups excluding carboxylic acids is 1. The Labute approximate surface area is 196 Å². The van der Waals surface area contributed by atoms with E-state index in [1.165, 1.54) is 13.3 Å². The van der Waals surface area contributed by atoms with Crippen LogP contribution in [0.1, 0.15) is 44.7 Å². The van der Waals surface area contributed by atoms with E-state index in [0.717, 1.165) is 17.3 Å². The lowest BCUT2D eigenvalue weighted by Crippen LogP contribution is -2.56. The number of benzene rings is 1. The number of H-pyrrole nitrogens is 1. The molecule has 8 heteroatoms. The fourth-order valence-electron chi connectivity index (χ4n) is 5.70. The number of Topliss-reactive ketones (excluding diaryl/α,β-unsaturated/α-hetero) is 1. The summed E-state index contributed by atoms with van der Waals surface area (Å²) < 4.78 is 36.0. The van der Waals surface area contributed by atoms with Crippen molar-refractivity contribution in [1.82, 2.24) is 15.2 Å². The van der Waals surface area contributed by atoms with Crippen LogP contribution in [0, 0.1) is 17.2 Å². The summed E-state index contributed by atoms with van der Waals surface area (Å²) in [7, 11) is 1.46. The van der Waals surface area contributed by atoms with E-state index in [9.17, 15) is 9.18 Å². The molecule has 2 aromatic heterocycles. The fraction of sp³-hybridized carbons (Fsp3) is 0.385. The van der Waals surface area contributed by atoms with Gasteiger partial charge in [-0.3, -0.25) is 14.9 Å². The number of aromatic nitrogens is 3. The quantitative estimate of drug-likeness (QED) is 0.564. The molecule has 176 valence electrons. The van der Waals surface area contributed by atoms with E-state index in [4.69, 9.17) is 4.74 Å². The first kappa shape index (κ1) is 22.4. The molecule has 6 nitrogen and oxygen atoms in total. The molecule has 0 radical (unpaired) electrons. The molecule has 0 unspecified atom stereocenters. The van der Waals surface area contributed by atoms with Gasteiger partial charge in [0, 0.05) is 22.8 Å². The second-order valence-electron chi connectivity index (χ2n) is 9.70. The minimum absolute atomic E-state index is 0.0515. The van der Waals surface area contributed by atoms with E-state index < -0.39 is 28.7 Å². The number of aromatic amines is 1. The number of pyridine rings is 1. The number of carbonyl (C=O) groups is 1. The highest BCUT2D eigenvalue weighted by molar-refractivity contribution is 6.14. The molecule has 1 fully saturated rings. The Morgan fingerprint density at radius 2 is 2.03 bits per heavy atom. The molecule has 3 aromatic rings. The second-order valence-corrected chi connectivity index (χ2v) is 9.70. The minimum atomic E-state index is -1.38. The first-order valence-corrected chi connectivity index (χ1v) is 11.3. The zero-order chi connectivity index (χ0) is 24.3. The Kier molecular flexibility index (Phi) is 5.15. The standard InChI is InChI=1S/C26H26F2N4O2/c1-5-26(15-8-6-7-14(9-15)20-17(27)12-29-13-19(20)34-4)16-11-30-32-24(16)31-22-21(26)18(33)10-25(2,3)23(22)28/h6-9,11-13,21,23H,5,10H2,1-4H3,(H,30,32)/t21-,23+,26+/m1/s1. The lowest BCUT2D eigenvalue weighted by molar-refractivity contribution is -0.126. The molecule has 3 heterocycles. The summed E-state index contributed by atoms with van der Waals surface area (Å²) in [5, 5.41) is 7.07. The molecule has 34 heavy (non-hydrogen) atoms. The van der Waals surface area contributed by atoms with Crippen molar-refractivity contribution in [2.24, 2.45) is 16.3 Å². The topological polar surface area (TPSA) is 80.2 Å². The lowest BCUT2D eigenvalue weighted by Gasteiger charge is -2.48. The van der Waals surface area contributed by atoms with Gasteiger partial charge in [-0.15, -0.1) is 0 Å². The number of ketones is 1. The highest BCUT2D eigenvalue weighted by Gasteiger charge is 2.58. The number of aliphatic imine (C=N–C) groups is 1. The number of methoxy groups -OCH3 is 1. The van der Waals surface area contributed by atoms with Gasteiger partial charge in [-0.05, 0) is 23.6 Å². The summed E-state index contributed by atoms with van der Waals surface area (Å²) in [6.45, 7) is 5.48. The lowest BCUT2D eigenvalue weighted by atomic mass is 9.55. The molecule has 0 amide bonds. The van der Waals surface area contributed by atoms with Gasteiger partial charge >= 0.3 is 0 Å². The minimum Gasteiger partial charge on any atom is -0.494 e. The predicted molar refractivity (Wildman–Crippen MR) is 125 cm³/mol. The number of nitrogens with one attached hydrogen (secondary N) is 1. The van der Waals surface area contributed by atoms with Gasteiger partial charge in [-0.2, -0.15) is 5.10 Å². The summed E-state index contributed by atoms with van der Waals surface area (Å²) in [5.41, 5.74) is 0.856. The monoisotopic (exact) mass is 464 g/mol. The molecule has 2 aliphatic rings. The van der Waals surface area contributed by atoms with Gasteiger partial charge in [0.2, 0.25) is 0 Å². The second kappa shape index (κ2) is 7.82. The van der Waals surface area contributed by atoms with Gasteiger partial charge < -0.3 is 4.74 Å². The normalized spacial score (nSPS) is 25.4. The number of halogens is 2. The van der Waals surface area contributed by atoms with E-state index in [1.807, 2.05) is 25.1 Å². The van der Waals surface area contributed by atoms with E-state index in [2.05, 4.69) is 20.2 Å². The van der Waals surface area contributed by atoms with Crippen molar-refractivity contribution in [1.29, 1.82) is 0 Å². The molecule has 3 atom stereocenters. The van der Waals surface area contributed by atoms with Gasteiger partial charge in [-0.1, -0.05) is 39.0 Å². The molecule has 1 aliphatic carbocycles. The molecule has 1 saturated carbocycles. The Balaban J connectivity index is 1.76. The maximum Gasteiger partial charge on any atom is 0.153 e. The number of hydrogen-bond acceptors (Lipinski definition) is 5. The van der Waals surface area contributed by atoms with Crippen molar-refractivity contribution in [3.8, 4) is 16.9 Å². The summed E-state index contributed by atoms with van der Waals surface area (Å²) >= 11 is 0. The van der Waals surface area contributed by atoms with E-state index in [-0.39, 0.29) is 23.5 Å². The number of nitrogens with zero attached hydrogens (tertiary/aromatic N) is 3. The Morgan fingerprint density at radius 1 is 1.24 bits per heavy atom. The number of fused-ring (bicyclic) bond motifs is 2. The van der Waals surface area contributed by atoms with E-state index in [1.54, 1.807) is 26.1 Å². The third kappa shape index (κ3) is 3.04. The van der Waals surface area contributed by atoms with E-state index >= 15 is 4.39 Å². The van der Waals surface area contributed by atoms with Crippen molar-refractivity contribution in [2.75, 3.05) is 7.11 Å².